The number of hydrogen-bond acceptors (Lipinski definition) is 3. The summed E-state index contributed by atoms with van der Waals surface area (Å²) in [6.45, 7) is 2.73. The first-order valence-electron chi connectivity index (χ1n) is 8.72. The summed E-state index contributed by atoms with van der Waals surface area (Å²) in [4.78, 5) is 14.1. The van der Waals surface area contributed by atoms with Crippen molar-refractivity contribution >= 4 is 6.03 Å². The van der Waals surface area contributed by atoms with E-state index in [-0.39, 0.29) is 6.03 Å². The Balaban J connectivity index is 1.38. The number of rotatable bonds is 5. The van der Waals surface area contributed by atoms with Crippen molar-refractivity contribution in [2.45, 2.75) is 50.8 Å². The van der Waals surface area contributed by atoms with Crippen LogP contribution in [0.2, 0.25) is 0 Å². The minimum atomic E-state index is -0.533. The van der Waals surface area contributed by atoms with Gasteiger partial charge >= 0.3 is 6.03 Å². The van der Waals surface area contributed by atoms with Gasteiger partial charge in [0.1, 0.15) is 0 Å². The van der Waals surface area contributed by atoms with E-state index in [0.717, 1.165) is 32.4 Å². The van der Waals surface area contributed by atoms with E-state index in [4.69, 9.17) is 0 Å². The van der Waals surface area contributed by atoms with Gasteiger partial charge < -0.3 is 15.7 Å². The Bertz CT molecular complexity index is 529. The fraction of sp³-hybridized carbons (Fsp3) is 0.611. The summed E-state index contributed by atoms with van der Waals surface area (Å²) >= 11 is 0. The molecule has 1 atom stereocenters. The summed E-state index contributed by atoms with van der Waals surface area (Å²) in [5.74, 6) is 0. The van der Waals surface area contributed by atoms with Gasteiger partial charge in [-0.15, -0.1) is 0 Å². The lowest BCUT2D eigenvalue weighted by molar-refractivity contribution is 0.105. The Hall–Kier alpha value is -1.59. The van der Waals surface area contributed by atoms with Crippen LogP contribution in [0.25, 0.3) is 0 Å². The van der Waals surface area contributed by atoms with Crippen molar-refractivity contribution in [3.05, 3.63) is 35.4 Å². The van der Waals surface area contributed by atoms with Gasteiger partial charge in [-0.25, -0.2) is 4.79 Å². The molecule has 0 radical (unpaired) electrons. The molecule has 0 aromatic heterocycles. The lowest BCUT2D eigenvalue weighted by Gasteiger charge is -2.30. The van der Waals surface area contributed by atoms with Gasteiger partial charge in [-0.1, -0.05) is 37.1 Å². The molecule has 5 nitrogen and oxygen atoms in total. The highest BCUT2D eigenvalue weighted by Crippen LogP contribution is 2.18. The summed E-state index contributed by atoms with van der Waals surface area (Å²) in [6, 6.07) is 8.63. The monoisotopic (exact) mass is 317 g/mol. The molecule has 1 aromatic carbocycles. The molecule has 0 saturated heterocycles. The average Bonchev–Trinajstić information content (AvgIpc) is 3.06. The second-order valence-corrected chi connectivity index (χ2v) is 6.74. The number of benzene rings is 1. The van der Waals surface area contributed by atoms with Crippen LogP contribution in [0, 0.1) is 0 Å². The van der Waals surface area contributed by atoms with E-state index in [1.807, 2.05) is 0 Å². The summed E-state index contributed by atoms with van der Waals surface area (Å²) in [6.07, 6.45) is 5.04. The Morgan fingerprint density at radius 2 is 2.00 bits per heavy atom. The number of amides is 2. The maximum Gasteiger partial charge on any atom is 0.315 e. The summed E-state index contributed by atoms with van der Waals surface area (Å²) in [5.41, 5.74) is 2.75. The van der Waals surface area contributed by atoms with Crippen molar-refractivity contribution < 1.29 is 9.90 Å². The van der Waals surface area contributed by atoms with E-state index in [1.165, 1.54) is 24.0 Å². The van der Waals surface area contributed by atoms with Gasteiger partial charge in [0.15, 0.2) is 0 Å². The number of fused-ring (bicyclic) bond motifs is 1. The maximum absolute atomic E-state index is 11.8. The van der Waals surface area contributed by atoms with Crippen molar-refractivity contribution in [1.29, 1.82) is 0 Å². The normalized spacial score (nSPS) is 20.0. The van der Waals surface area contributed by atoms with Crippen LogP contribution in [0.5, 0.6) is 0 Å². The van der Waals surface area contributed by atoms with E-state index in [9.17, 15) is 9.90 Å². The minimum absolute atomic E-state index is 0.153. The zero-order valence-electron chi connectivity index (χ0n) is 13.6. The molecule has 5 heteroatoms. The summed E-state index contributed by atoms with van der Waals surface area (Å²) < 4.78 is 0. The third-order valence-electron chi connectivity index (χ3n) is 4.87. The molecule has 3 N–H and O–H groups in total. The number of nitrogens with one attached hydrogen (secondary N) is 2. The number of aliphatic hydroxyl groups is 1. The molecule has 23 heavy (non-hydrogen) atoms. The summed E-state index contributed by atoms with van der Waals surface area (Å²) in [5, 5.41) is 15.9. The smallest absolute Gasteiger partial charge is 0.315 e. The highest BCUT2D eigenvalue weighted by Gasteiger charge is 2.20. The lowest BCUT2D eigenvalue weighted by atomic mass is 10.00. The first-order valence-corrected chi connectivity index (χ1v) is 8.72. The standard InChI is InChI=1S/C18H27N3O2/c22-17(11-19-18(23)20-16-7-3-4-8-16)13-21-10-9-14-5-1-2-6-15(14)12-21/h1-2,5-6,16-17,22H,3-4,7-13H2,(H2,19,20,23). The van der Waals surface area contributed by atoms with Gasteiger partial charge in [0.2, 0.25) is 0 Å². The van der Waals surface area contributed by atoms with Gasteiger partial charge in [0.05, 0.1) is 6.10 Å². The van der Waals surface area contributed by atoms with Crippen molar-refractivity contribution in [3.63, 3.8) is 0 Å². The SMILES string of the molecule is O=C(NCC(O)CN1CCc2ccccc2C1)NC1CCCC1. The van der Waals surface area contributed by atoms with Crippen molar-refractivity contribution in [2.24, 2.45) is 0 Å². The molecule has 1 heterocycles. The molecule has 2 aliphatic rings. The average molecular weight is 317 g/mol. The molecular formula is C18H27N3O2. The zero-order valence-corrected chi connectivity index (χ0v) is 13.6. The number of hydrogen-bond donors (Lipinski definition) is 3. The second kappa shape index (κ2) is 7.79. The molecule has 0 spiro atoms. The first kappa shape index (κ1) is 16.3. The van der Waals surface area contributed by atoms with Crippen molar-refractivity contribution in [3.8, 4) is 0 Å². The Kier molecular flexibility index (Phi) is 5.51. The third-order valence-corrected chi connectivity index (χ3v) is 4.87. The van der Waals surface area contributed by atoms with E-state index >= 15 is 0 Å². The van der Waals surface area contributed by atoms with Gasteiger partial charge in [-0.05, 0) is 30.4 Å². The minimum Gasteiger partial charge on any atom is -0.390 e. The van der Waals surface area contributed by atoms with E-state index in [1.54, 1.807) is 0 Å². The number of β-amino-alcohol motifs (C(OH)–C–C–N with tert-alkyl or cyclic N) is 1. The van der Waals surface area contributed by atoms with Gasteiger partial charge in [-0.2, -0.15) is 0 Å². The number of aliphatic hydroxyl groups excluding tert-OH is 1. The first-order chi connectivity index (χ1) is 11.2. The number of urea groups is 1. The largest absolute Gasteiger partial charge is 0.390 e. The van der Waals surface area contributed by atoms with Crippen molar-refractivity contribution in [2.75, 3.05) is 19.6 Å². The van der Waals surface area contributed by atoms with Crippen LogP contribution in [-0.4, -0.2) is 47.8 Å². The van der Waals surface area contributed by atoms with Crippen molar-refractivity contribution in [1.82, 2.24) is 15.5 Å². The Morgan fingerprint density at radius 3 is 2.78 bits per heavy atom. The molecule has 3 rings (SSSR count). The molecule has 2 amide bonds. The maximum atomic E-state index is 11.8. The molecular weight excluding hydrogens is 290 g/mol. The van der Waals surface area contributed by atoms with Crippen LogP contribution < -0.4 is 10.6 Å². The molecule has 1 unspecified atom stereocenters. The van der Waals surface area contributed by atoms with Gasteiger partial charge in [0, 0.05) is 32.2 Å². The zero-order chi connectivity index (χ0) is 16.1. The number of carbonyl (C=O) groups is 1. The van der Waals surface area contributed by atoms with Gasteiger partial charge in [-0.3, -0.25) is 4.90 Å². The van der Waals surface area contributed by atoms with Crippen LogP contribution in [0.3, 0.4) is 0 Å². The van der Waals surface area contributed by atoms with E-state index in [2.05, 4.69) is 39.8 Å². The Morgan fingerprint density at radius 1 is 1.26 bits per heavy atom. The molecule has 1 aliphatic carbocycles. The van der Waals surface area contributed by atoms with Crippen LogP contribution in [0.4, 0.5) is 4.79 Å². The number of carbonyl (C=O) groups excluding carboxylic acids is 1. The lowest BCUT2D eigenvalue weighted by Crippen LogP contribution is -2.46. The predicted molar refractivity (Wildman–Crippen MR) is 90.2 cm³/mol. The third kappa shape index (κ3) is 4.69. The molecule has 1 aromatic rings. The van der Waals surface area contributed by atoms with Crippen LogP contribution >= 0.6 is 0 Å². The fourth-order valence-corrected chi connectivity index (χ4v) is 3.59. The molecule has 0 bridgehead atoms. The van der Waals surface area contributed by atoms with Crippen LogP contribution in [-0.2, 0) is 13.0 Å². The quantitative estimate of drug-likeness (QED) is 0.774. The molecule has 1 fully saturated rings. The topological polar surface area (TPSA) is 64.6 Å². The number of nitrogens with zero attached hydrogens (tertiary/aromatic N) is 1. The highest BCUT2D eigenvalue weighted by atomic mass is 16.3. The Labute approximate surface area is 138 Å². The molecule has 126 valence electrons. The van der Waals surface area contributed by atoms with Crippen LogP contribution in [0.1, 0.15) is 36.8 Å². The molecule has 1 aliphatic heterocycles. The highest BCUT2D eigenvalue weighted by molar-refractivity contribution is 5.74. The van der Waals surface area contributed by atoms with E-state index in [0.29, 0.717) is 19.1 Å². The van der Waals surface area contributed by atoms with Gasteiger partial charge in [0.25, 0.3) is 0 Å². The predicted octanol–water partition coefficient (Wildman–Crippen LogP) is 1.65. The second-order valence-electron chi connectivity index (χ2n) is 6.74. The summed E-state index contributed by atoms with van der Waals surface area (Å²) in [7, 11) is 0. The fourth-order valence-electron chi connectivity index (χ4n) is 3.59. The van der Waals surface area contributed by atoms with Crippen LogP contribution in [0.15, 0.2) is 24.3 Å². The molecule has 1 saturated carbocycles. The van der Waals surface area contributed by atoms with E-state index < -0.39 is 6.10 Å².